The Hall–Kier alpha value is -5.03. The van der Waals surface area contributed by atoms with Gasteiger partial charge >= 0.3 is 47.6 Å². The van der Waals surface area contributed by atoms with Crippen LogP contribution in [0.3, 0.4) is 0 Å². The molecule has 0 N–H and O–H groups in total. The zero-order valence-electron chi connectivity index (χ0n) is 45.1. The molecule has 1 aliphatic heterocycles. The molecule has 83 heavy (non-hydrogen) atoms. The summed E-state index contributed by atoms with van der Waals surface area (Å²) in [5, 5.41) is 10.9. The Balaban J connectivity index is 1.22. The van der Waals surface area contributed by atoms with Crippen molar-refractivity contribution in [1.29, 1.82) is 0 Å². The van der Waals surface area contributed by atoms with Gasteiger partial charge in [-0.1, -0.05) is 119 Å². The van der Waals surface area contributed by atoms with Gasteiger partial charge in [0.05, 0.1) is 62.8 Å². The molecule has 0 bridgehead atoms. The number of hydrogen-bond donors (Lipinski definition) is 0. The minimum absolute atomic E-state index is 0.0378. The molecular weight excluding hydrogens is 1170 g/mol. The van der Waals surface area contributed by atoms with E-state index in [4.69, 9.17) is 23.7 Å². The van der Waals surface area contributed by atoms with Crippen LogP contribution >= 0.6 is 0 Å². The monoisotopic (exact) mass is 1240 g/mol. The predicted molar refractivity (Wildman–Crippen MR) is 267 cm³/mol. The molecule has 3 aromatic carbocycles. The Morgan fingerprint density at radius 2 is 1.02 bits per heavy atom. The molecule has 1 aliphatic rings. The van der Waals surface area contributed by atoms with E-state index in [2.05, 4.69) is 22.4 Å². The standard InChI is InChI=1S/C54H65F17N4O7S/c1-3-4-5-6-7-8-9-10-11-15-20-42(44-30-31-45(82-44)43(81-35-37-22-26-40(78-2)27-23-37)21-16-34-83(76,77)46-72-73-74-75(46)39-18-13-12-14-19-39)80-36-38-24-28-41(29-25-38)79-33-17-32-47(55,56)48(57,58)49(59,60)50(61,62)51(63,64)52(65,66)53(67,68)54(69,70)71/h12-14,18-19,22-29,42-45H,3-11,15-17,20-21,30-36H2,1-2H3/t42-,43-,44-,45-/m1/s1. The van der Waals surface area contributed by atoms with Crippen LogP contribution < -0.4 is 9.47 Å². The van der Waals surface area contributed by atoms with Crippen molar-refractivity contribution >= 4 is 9.84 Å². The van der Waals surface area contributed by atoms with Crippen LogP contribution in [0.5, 0.6) is 11.5 Å². The third-order valence-electron chi connectivity index (χ3n) is 14.1. The van der Waals surface area contributed by atoms with Crippen LogP contribution in [-0.2, 0) is 37.3 Å². The number of nitrogens with zero attached hydrogens (tertiary/aromatic N) is 4. The summed E-state index contributed by atoms with van der Waals surface area (Å²) in [6.45, 7) is 1.19. The summed E-state index contributed by atoms with van der Waals surface area (Å²) >= 11 is 0. The van der Waals surface area contributed by atoms with Gasteiger partial charge in [0, 0.05) is 6.42 Å². The van der Waals surface area contributed by atoms with Gasteiger partial charge in [-0.05, 0) is 96.5 Å². The third-order valence-corrected chi connectivity index (χ3v) is 15.7. The van der Waals surface area contributed by atoms with E-state index < -0.39 is 101 Å². The first-order valence-electron chi connectivity index (χ1n) is 26.8. The first-order chi connectivity index (χ1) is 38.8. The zero-order chi connectivity index (χ0) is 61.5. The number of methoxy groups -OCH3 is 1. The Bertz CT molecular complexity index is 2690. The number of hydrogen-bond acceptors (Lipinski definition) is 10. The van der Waals surface area contributed by atoms with Crippen LogP contribution in [0.15, 0.2) is 84.0 Å². The average Bonchev–Trinajstić information content (AvgIpc) is 1.34. The third kappa shape index (κ3) is 16.5. The maximum absolute atomic E-state index is 14.5. The van der Waals surface area contributed by atoms with Gasteiger partial charge in [0.2, 0.25) is 9.84 Å². The topological polar surface area (TPSA) is 124 Å². The smallest absolute Gasteiger partial charge is 0.460 e. The molecule has 2 heterocycles. The number of benzene rings is 3. The molecule has 29 heteroatoms. The van der Waals surface area contributed by atoms with E-state index in [0.717, 1.165) is 55.2 Å². The molecule has 4 atom stereocenters. The lowest BCUT2D eigenvalue weighted by atomic mass is 9.88. The van der Waals surface area contributed by atoms with Gasteiger partial charge in [-0.15, -0.1) is 0 Å². The largest absolute Gasteiger partial charge is 0.497 e. The average molecular weight is 1240 g/mol. The highest BCUT2D eigenvalue weighted by molar-refractivity contribution is 7.91. The highest BCUT2D eigenvalue weighted by Crippen LogP contribution is 2.64. The molecule has 0 aliphatic carbocycles. The number of ether oxygens (including phenoxy) is 5. The summed E-state index contributed by atoms with van der Waals surface area (Å²) in [5.41, 5.74) is 1.77. The molecule has 468 valence electrons. The summed E-state index contributed by atoms with van der Waals surface area (Å²) < 4.78 is 292. The minimum Gasteiger partial charge on any atom is -0.497 e. The van der Waals surface area contributed by atoms with Gasteiger partial charge in [0.25, 0.3) is 5.16 Å². The molecule has 11 nitrogen and oxygen atoms in total. The van der Waals surface area contributed by atoms with Crippen molar-refractivity contribution in [3.05, 3.63) is 90.0 Å². The minimum atomic E-state index is -8.69. The van der Waals surface area contributed by atoms with E-state index in [0.29, 0.717) is 36.3 Å². The van der Waals surface area contributed by atoms with Crippen molar-refractivity contribution in [3.63, 3.8) is 0 Å². The molecular formula is C54H65F17N4O7S. The second kappa shape index (κ2) is 28.9. The normalized spacial score (nSPS) is 17.0. The molecule has 1 saturated heterocycles. The van der Waals surface area contributed by atoms with Gasteiger partial charge < -0.3 is 23.7 Å². The van der Waals surface area contributed by atoms with Crippen LogP contribution in [-0.4, -0.2) is 120 Å². The van der Waals surface area contributed by atoms with Crippen LogP contribution in [0, 0.1) is 0 Å². The van der Waals surface area contributed by atoms with Gasteiger partial charge in [-0.2, -0.15) is 79.3 Å². The molecule has 1 fully saturated rings. The lowest BCUT2D eigenvalue weighted by molar-refractivity contribution is -0.461. The first-order valence-corrected chi connectivity index (χ1v) is 28.5. The maximum atomic E-state index is 14.5. The fourth-order valence-corrected chi connectivity index (χ4v) is 10.4. The molecule has 1 aromatic heterocycles. The number of alkyl halides is 17. The van der Waals surface area contributed by atoms with Gasteiger partial charge in [-0.3, -0.25) is 0 Å². The lowest BCUT2D eigenvalue weighted by Gasteiger charge is -2.42. The predicted octanol–water partition coefficient (Wildman–Crippen LogP) is 15.4. The summed E-state index contributed by atoms with van der Waals surface area (Å²) in [7, 11) is -2.47. The van der Waals surface area contributed by atoms with Gasteiger partial charge in [0.15, 0.2) is 0 Å². The van der Waals surface area contributed by atoms with Gasteiger partial charge in [0.1, 0.15) is 11.5 Å². The second-order valence-corrected chi connectivity index (χ2v) is 22.2. The zero-order valence-corrected chi connectivity index (χ0v) is 46.0. The molecule has 5 rings (SSSR count). The Morgan fingerprint density at radius 3 is 1.52 bits per heavy atom. The van der Waals surface area contributed by atoms with Gasteiger partial charge in [-0.25, -0.2) is 8.42 Å². The molecule has 0 spiro atoms. The number of tetrazole rings is 1. The quantitative estimate of drug-likeness (QED) is 0.0318. The SMILES string of the molecule is CCCCCCCCCCCC[C@@H](OCc1ccc(OCCCC(F)(F)C(F)(F)C(F)(F)C(F)(F)C(F)(F)C(F)(F)C(F)(F)C(F)(F)F)cc1)[C@H]1CC[C@H]([C@@H](CCCS(=O)(=O)c2nnnn2-c2ccccc2)OCc2ccc(OC)cc2)O1. The van der Waals surface area contributed by atoms with Crippen molar-refractivity contribution in [2.75, 3.05) is 19.5 Å². The molecule has 0 saturated carbocycles. The second-order valence-electron chi connectivity index (χ2n) is 20.2. The summed E-state index contributed by atoms with van der Waals surface area (Å²) in [6, 6.07) is 21.0. The Kier molecular flexibility index (Phi) is 23.9. The summed E-state index contributed by atoms with van der Waals surface area (Å²) in [6.07, 6.45) is -1.25. The number of halogens is 17. The van der Waals surface area contributed by atoms with E-state index in [-0.39, 0.29) is 42.7 Å². The summed E-state index contributed by atoms with van der Waals surface area (Å²) in [5.74, 6) is -56.6. The van der Waals surface area contributed by atoms with E-state index in [1.807, 2.05) is 12.1 Å². The summed E-state index contributed by atoms with van der Waals surface area (Å²) in [4.78, 5) is 0. The molecule has 0 amide bonds. The molecule has 0 radical (unpaired) electrons. The number of rotatable bonds is 37. The van der Waals surface area contributed by atoms with Crippen molar-refractivity contribution in [3.8, 4) is 17.2 Å². The molecule has 4 aromatic rings. The van der Waals surface area contributed by atoms with Crippen molar-refractivity contribution in [2.24, 2.45) is 0 Å². The van der Waals surface area contributed by atoms with Crippen LogP contribution in [0.4, 0.5) is 74.6 Å². The Labute approximate surface area is 468 Å². The number of unbranched alkanes of at least 4 members (excludes halogenated alkanes) is 9. The Morgan fingerprint density at radius 1 is 0.566 bits per heavy atom. The fraction of sp³-hybridized carbons (Fsp3) is 0.648. The maximum Gasteiger partial charge on any atom is 0.460 e. The highest BCUT2D eigenvalue weighted by atomic mass is 32.2. The molecule has 0 unspecified atom stereocenters. The van der Waals surface area contributed by atoms with Crippen molar-refractivity contribution < 1.29 is 107 Å². The first kappa shape index (κ1) is 68.7. The van der Waals surface area contributed by atoms with Crippen LogP contribution in [0.1, 0.15) is 127 Å². The highest BCUT2D eigenvalue weighted by Gasteiger charge is 2.95. The fourth-order valence-electron chi connectivity index (χ4n) is 9.14. The van der Waals surface area contributed by atoms with E-state index in [1.165, 1.54) is 50.6 Å². The van der Waals surface area contributed by atoms with Crippen molar-refractivity contribution in [1.82, 2.24) is 20.2 Å². The number of aromatic nitrogens is 4. The lowest BCUT2D eigenvalue weighted by Crippen LogP contribution is -2.74. The van der Waals surface area contributed by atoms with E-state index in [9.17, 15) is 83.1 Å². The van der Waals surface area contributed by atoms with E-state index >= 15 is 0 Å². The van der Waals surface area contributed by atoms with Crippen LogP contribution in [0.2, 0.25) is 0 Å². The van der Waals surface area contributed by atoms with Crippen LogP contribution in [0.25, 0.3) is 5.69 Å². The van der Waals surface area contributed by atoms with Crippen molar-refractivity contribution in [2.45, 2.75) is 206 Å². The van der Waals surface area contributed by atoms with E-state index in [1.54, 1.807) is 42.5 Å². The number of para-hydroxylation sites is 1. The number of sulfone groups is 1.